The number of carbonyl (C=O) groups excluding carboxylic acids is 3. The standard InChI is InChI=1S/C40H49FN4O6S/c1-6-14-37-42-34(8-3)39(35(46)22-24-44(38(47)15-7-2)31-16-10-9-11-17-31)45(37)27-30-21-20-29(26-33(30)41)32-18-12-13-19-36(32)52(49,50)43-40(48)51-25-23-28(4)5/h9-13,16-21,26,28H,6-8,14-15,22-25,27H2,1-5H3,(H,43,48). The van der Waals surface area contributed by atoms with Crippen molar-refractivity contribution >= 4 is 33.5 Å². The molecule has 0 spiro atoms. The fourth-order valence-electron chi connectivity index (χ4n) is 5.92. The Morgan fingerprint density at radius 1 is 0.942 bits per heavy atom. The molecule has 1 N–H and O–H groups in total. The number of hydrogen-bond donors (Lipinski definition) is 1. The van der Waals surface area contributed by atoms with Crippen LogP contribution in [-0.4, -0.2) is 48.9 Å². The number of nitrogens with zero attached hydrogens (tertiary/aromatic N) is 3. The number of halogens is 1. The Labute approximate surface area is 306 Å². The van der Waals surface area contributed by atoms with Crippen molar-refractivity contribution < 1.29 is 31.9 Å². The van der Waals surface area contributed by atoms with E-state index in [4.69, 9.17) is 9.72 Å². The zero-order valence-electron chi connectivity index (χ0n) is 30.7. The van der Waals surface area contributed by atoms with Gasteiger partial charge in [0.2, 0.25) is 5.91 Å². The van der Waals surface area contributed by atoms with Crippen molar-refractivity contribution in [3.05, 3.63) is 101 Å². The third kappa shape index (κ3) is 10.1. The normalized spacial score (nSPS) is 11.4. The van der Waals surface area contributed by atoms with E-state index in [-0.39, 0.29) is 65.3 Å². The predicted octanol–water partition coefficient (Wildman–Crippen LogP) is 8.12. The van der Waals surface area contributed by atoms with Crippen molar-refractivity contribution in [3.63, 3.8) is 0 Å². The molecule has 278 valence electrons. The van der Waals surface area contributed by atoms with Gasteiger partial charge in [-0.1, -0.05) is 83.1 Å². The number of aromatic nitrogens is 2. The monoisotopic (exact) mass is 732 g/mol. The van der Waals surface area contributed by atoms with Gasteiger partial charge in [-0.15, -0.1) is 0 Å². The number of hydrogen-bond acceptors (Lipinski definition) is 7. The summed E-state index contributed by atoms with van der Waals surface area (Å²) in [4.78, 5) is 45.6. The van der Waals surface area contributed by atoms with E-state index in [0.29, 0.717) is 49.3 Å². The maximum atomic E-state index is 16.0. The summed E-state index contributed by atoms with van der Waals surface area (Å²) in [6, 6.07) is 19.7. The molecule has 0 radical (unpaired) electrons. The van der Waals surface area contributed by atoms with Crippen molar-refractivity contribution in [1.29, 1.82) is 0 Å². The molecule has 0 aliphatic heterocycles. The minimum Gasteiger partial charge on any atom is -0.449 e. The van der Waals surface area contributed by atoms with E-state index >= 15 is 4.39 Å². The second-order valence-corrected chi connectivity index (χ2v) is 14.7. The lowest BCUT2D eigenvalue weighted by Gasteiger charge is -2.23. The number of ether oxygens (including phenoxy) is 1. The summed E-state index contributed by atoms with van der Waals surface area (Å²) >= 11 is 0. The highest BCUT2D eigenvalue weighted by Crippen LogP contribution is 2.30. The molecule has 0 bridgehead atoms. The molecule has 1 heterocycles. The van der Waals surface area contributed by atoms with Crippen LogP contribution in [0.5, 0.6) is 0 Å². The van der Waals surface area contributed by atoms with Crippen molar-refractivity contribution in [2.75, 3.05) is 18.1 Å². The van der Waals surface area contributed by atoms with E-state index in [9.17, 15) is 22.8 Å². The number of amides is 2. The van der Waals surface area contributed by atoms with Crippen LogP contribution in [0.3, 0.4) is 0 Å². The zero-order chi connectivity index (χ0) is 37.8. The third-order valence-electron chi connectivity index (χ3n) is 8.60. The number of benzene rings is 3. The van der Waals surface area contributed by atoms with E-state index in [0.717, 1.165) is 12.1 Å². The van der Waals surface area contributed by atoms with Gasteiger partial charge in [0.25, 0.3) is 10.0 Å². The van der Waals surface area contributed by atoms with E-state index in [1.807, 2.05) is 69.7 Å². The molecule has 0 saturated carbocycles. The van der Waals surface area contributed by atoms with Crippen LogP contribution in [0.15, 0.2) is 77.7 Å². The Balaban J connectivity index is 1.62. The number of aryl methyl sites for hydroxylation is 2. The first-order valence-electron chi connectivity index (χ1n) is 17.9. The summed E-state index contributed by atoms with van der Waals surface area (Å²) in [5, 5.41) is 0. The fourth-order valence-corrected chi connectivity index (χ4v) is 7.04. The van der Waals surface area contributed by atoms with E-state index in [2.05, 4.69) is 0 Å². The predicted molar refractivity (Wildman–Crippen MR) is 200 cm³/mol. The topological polar surface area (TPSA) is 128 Å². The van der Waals surface area contributed by atoms with Gasteiger partial charge >= 0.3 is 6.09 Å². The van der Waals surface area contributed by atoms with Crippen LogP contribution in [0.25, 0.3) is 11.1 Å². The van der Waals surface area contributed by atoms with Crippen LogP contribution in [0, 0.1) is 11.7 Å². The molecule has 4 aromatic rings. The van der Waals surface area contributed by atoms with Gasteiger partial charge in [0.1, 0.15) is 17.3 Å². The maximum absolute atomic E-state index is 16.0. The van der Waals surface area contributed by atoms with Gasteiger partial charge in [-0.05, 0) is 61.4 Å². The number of imidazole rings is 1. The number of nitrogens with one attached hydrogen (secondary N) is 1. The molecule has 4 rings (SSSR count). The number of rotatable bonds is 18. The van der Waals surface area contributed by atoms with Crippen molar-refractivity contribution in [1.82, 2.24) is 14.3 Å². The third-order valence-corrected chi connectivity index (χ3v) is 9.97. The summed E-state index contributed by atoms with van der Waals surface area (Å²) in [6.45, 7) is 10.1. The largest absolute Gasteiger partial charge is 0.449 e. The number of Topliss-reactive ketones (excluding diaryl/α,β-unsaturated/α-hetero) is 1. The highest BCUT2D eigenvalue weighted by atomic mass is 32.2. The smallest absolute Gasteiger partial charge is 0.421 e. The summed E-state index contributed by atoms with van der Waals surface area (Å²) in [5.74, 6) is 0.0817. The Hall–Kier alpha value is -4.84. The van der Waals surface area contributed by atoms with Gasteiger partial charge in [0.15, 0.2) is 5.78 Å². The minimum atomic E-state index is -4.35. The molecule has 0 atom stereocenters. The Morgan fingerprint density at radius 2 is 1.65 bits per heavy atom. The van der Waals surface area contributed by atoms with E-state index in [1.165, 1.54) is 24.3 Å². The van der Waals surface area contributed by atoms with E-state index < -0.39 is 21.9 Å². The second kappa shape index (κ2) is 18.6. The molecule has 1 aromatic heterocycles. The number of carbonyl (C=O) groups is 3. The first-order valence-corrected chi connectivity index (χ1v) is 19.4. The van der Waals surface area contributed by atoms with Gasteiger partial charge in [0.05, 0.1) is 23.7 Å². The SMILES string of the molecule is CCCC(=O)N(CCC(=O)c1c(CC)nc(CCC)n1Cc1ccc(-c2ccccc2S(=O)(=O)NC(=O)OCCC(C)C)cc1F)c1ccccc1. The van der Waals surface area contributed by atoms with Crippen molar-refractivity contribution in [3.8, 4) is 11.1 Å². The minimum absolute atomic E-state index is 0.0242. The van der Waals surface area contributed by atoms with Crippen LogP contribution >= 0.6 is 0 Å². The summed E-state index contributed by atoms with van der Waals surface area (Å²) in [5.41, 5.74) is 2.51. The molecule has 0 saturated heterocycles. The first-order chi connectivity index (χ1) is 24.9. The molecule has 0 aliphatic carbocycles. The Kier molecular flexibility index (Phi) is 14.3. The number of ketones is 1. The molecule has 2 amide bonds. The molecule has 3 aromatic carbocycles. The zero-order valence-corrected chi connectivity index (χ0v) is 31.5. The van der Waals surface area contributed by atoms with Gasteiger partial charge in [-0.25, -0.2) is 27.3 Å². The average Bonchev–Trinajstić information content (AvgIpc) is 3.46. The molecule has 52 heavy (non-hydrogen) atoms. The van der Waals surface area contributed by atoms with Gasteiger partial charge < -0.3 is 14.2 Å². The lowest BCUT2D eigenvalue weighted by Crippen LogP contribution is -2.33. The molecule has 12 heteroatoms. The molecule has 0 aliphatic rings. The van der Waals surface area contributed by atoms with Gasteiger partial charge in [0, 0.05) is 42.6 Å². The average molecular weight is 733 g/mol. The highest BCUT2D eigenvalue weighted by molar-refractivity contribution is 7.90. The molecule has 0 unspecified atom stereocenters. The van der Waals surface area contributed by atoms with Gasteiger partial charge in [-0.2, -0.15) is 0 Å². The van der Waals surface area contributed by atoms with Gasteiger partial charge in [-0.3, -0.25) is 9.59 Å². The quantitative estimate of drug-likeness (QED) is 0.102. The fraction of sp³-hybridized carbons (Fsp3) is 0.400. The summed E-state index contributed by atoms with van der Waals surface area (Å²) in [7, 11) is -4.35. The Morgan fingerprint density at radius 3 is 2.31 bits per heavy atom. The van der Waals surface area contributed by atoms with Crippen molar-refractivity contribution in [2.24, 2.45) is 5.92 Å². The highest BCUT2D eigenvalue weighted by Gasteiger charge is 2.26. The first kappa shape index (κ1) is 39.9. The van der Waals surface area contributed by atoms with Crippen LogP contribution in [0.4, 0.5) is 14.9 Å². The number of anilines is 1. The summed E-state index contributed by atoms with van der Waals surface area (Å²) in [6.07, 6.45) is 2.41. The Bertz CT molecular complexity index is 1960. The van der Waals surface area contributed by atoms with Crippen LogP contribution < -0.4 is 9.62 Å². The molecular weight excluding hydrogens is 684 g/mol. The lowest BCUT2D eigenvalue weighted by atomic mass is 10.0. The number of sulfonamides is 1. The van der Waals surface area contributed by atoms with E-state index in [1.54, 1.807) is 27.7 Å². The molecular formula is C40H49FN4O6S. The molecule has 0 fully saturated rings. The van der Waals surface area contributed by atoms with Crippen LogP contribution in [0.2, 0.25) is 0 Å². The second-order valence-electron chi connectivity index (χ2n) is 13.0. The number of para-hydroxylation sites is 1. The van der Waals surface area contributed by atoms with Crippen LogP contribution in [0.1, 0.15) is 94.3 Å². The van der Waals surface area contributed by atoms with Crippen LogP contribution in [-0.2, 0) is 38.9 Å². The molecule has 10 nitrogen and oxygen atoms in total. The maximum Gasteiger partial charge on any atom is 0.421 e. The summed E-state index contributed by atoms with van der Waals surface area (Å²) < 4.78 is 51.2. The van der Waals surface area contributed by atoms with Crippen molar-refractivity contribution in [2.45, 2.75) is 91.0 Å². The lowest BCUT2D eigenvalue weighted by molar-refractivity contribution is -0.118.